The molecule has 1 saturated carbocycles. The van der Waals surface area contributed by atoms with Crippen molar-refractivity contribution in [3.8, 4) is 0 Å². The molecule has 1 aliphatic rings. The minimum atomic E-state index is -0.249. The third-order valence-electron chi connectivity index (χ3n) is 3.90. The number of hydrogen-bond acceptors (Lipinski definition) is 3. The second-order valence-electron chi connectivity index (χ2n) is 5.29. The van der Waals surface area contributed by atoms with E-state index in [0.29, 0.717) is 22.3 Å². The number of carbonyl (C=O) groups is 1. The molecule has 90 valence electrons. The summed E-state index contributed by atoms with van der Waals surface area (Å²) in [7, 11) is 5.64. The molecule has 0 aliphatic heterocycles. The van der Waals surface area contributed by atoms with Crippen LogP contribution < -0.4 is 5.59 Å². The quantitative estimate of drug-likeness (QED) is 0.638. The summed E-state index contributed by atoms with van der Waals surface area (Å²) < 4.78 is 0. The van der Waals surface area contributed by atoms with Gasteiger partial charge in [0.15, 0.2) is 11.4 Å². The Labute approximate surface area is 107 Å². The van der Waals surface area contributed by atoms with Crippen molar-refractivity contribution in [2.75, 3.05) is 0 Å². The molecule has 0 amide bonds. The van der Waals surface area contributed by atoms with Gasteiger partial charge in [-0.15, -0.1) is 0 Å². The van der Waals surface area contributed by atoms with Gasteiger partial charge in [0, 0.05) is 23.4 Å². The molecule has 0 aromatic carbocycles. The van der Waals surface area contributed by atoms with Crippen molar-refractivity contribution in [2.45, 2.75) is 32.6 Å². The molecule has 0 saturated heterocycles. The Morgan fingerprint density at radius 1 is 1.44 bits per heavy atom. The molecule has 1 aliphatic carbocycles. The Morgan fingerprint density at radius 3 is 2.89 bits per heavy atom. The first-order valence-electron chi connectivity index (χ1n) is 6.24. The molecule has 0 atom stereocenters. The molecule has 2 aromatic rings. The first-order chi connectivity index (χ1) is 8.60. The van der Waals surface area contributed by atoms with E-state index in [1.165, 1.54) is 6.20 Å². The topological polar surface area (TPSA) is 58.6 Å². The lowest BCUT2D eigenvalue weighted by molar-refractivity contribution is 0.0825. The zero-order valence-corrected chi connectivity index (χ0v) is 10.4. The second-order valence-corrected chi connectivity index (χ2v) is 5.29. The fourth-order valence-electron chi connectivity index (χ4n) is 2.79. The Balaban J connectivity index is 2.09. The molecule has 3 rings (SSSR count). The van der Waals surface area contributed by atoms with Crippen LogP contribution >= 0.6 is 0 Å². The summed E-state index contributed by atoms with van der Waals surface area (Å²) >= 11 is 0. The summed E-state index contributed by atoms with van der Waals surface area (Å²) in [6.07, 6.45) is 7.35. The van der Waals surface area contributed by atoms with E-state index in [2.05, 4.69) is 15.0 Å². The number of H-pyrrole nitrogens is 1. The number of nitrogens with zero attached hydrogens (tertiary/aromatic N) is 2. The van der Waals surface area contributed by atoms with Crippen LogP contribution in [0.2, 0.25) is 0 Å². The van der Waals surface area contributed by atoms with Gasteiger partial charge in [0.25, 0.3) is 0 Å². The van der Waals surface area contributed by atoms with Crippen LogP contribution in [-0.2, 0) is 0 Å². The van der Waals surface area contributed by atoms with E-state index in [1.54, 1.807) is 6.20 Å². The number of carbonyl (C=O) groups excluding carboxylic acids is 1. The number of Topliss-reactive ketones (excluding diaryl/α,β-unsaturated/α-hetero) is 1. The van der Waals surface area contributed by atoms with Crippen LogP contribution in [0.1, 0.15) is 43.0 Å². The van der Waals surface area contributed by atoms with Gasteiger partial charge in [-0.2, -0.15) is 0 Å². The zero-order chi connectivity index (χ0) is 12.8. The van der Waals surface area contributed by atoms with E-state index in [1.807, 2.05) is 6.92 Å². The lowest BCUT2D eigenvalue weighted by Gasteiger charge is -2.20. The van der Waals surface area contributed by atoms with Gasteiger partial charge in [-0.3, -0.25) is 9.78 Å². The van der Waals surface area contributed by atoms with Crippen molar-refractivity contribution < 1.29 is 4.79 Å². The average Bonchev–Trinajstić information content (AvgIpc) is 2.95. The number of aromatic amines is 1. The van der Waals surface area contributed by atoms with Crippen LogP contribution in [0.3, 0.4) is 0 Å². The largest absolute Gasteiger partial charge is 0.344 e. The van der Waals surface area contributed by atoms with Crippen LogP contribution in [0, 0.1) is 5.41 Å². The van der Waals surface area contributed by atoms with Gasteiger partial charge < -0.3 is 4.98 Å². The third kappa shape index (κ3) is 1.65. The molecule has 0 unspecified atom stereocenters. The highest BCUT2D eigenvalue weighted by molar-refractivity contribution is 6.31. The van der Waals surface area contributed by atoms with Crippen molar-refractivity contribution >= 4 is 30.4 Å². The molecular formula is C13H14BN3O. The fraction of sp³-hybridized carbons (Fsp3) is 0.462. The Kier molecular flexibility index (Phi) is 2.50. The predicted molar refractivity (Wildman–Crippen MR) is 70.2 cm³/mol. The molecule has 2 aromatic heterocycles. The summed E-state index contributed by atoms with van der Waals surface area (Å²) in [4.78, 5) is 24.0. The maximum Gasteiger partial charge on any atom is 0.172 e. The summed E-state index contributed by atoms with van der Waals surface area (Å²) in [6, 6.07) is 0. The molecule has 5 heteroatoms. The van der Waals surface area contributed by atoms with Gasteiger partial charge in [0.1, 0.15) is 13.4 Å². The molecular weight excluding hydrogens is 225 g/mol. The SMILES string of the molecule is [B]c1cnc2[nH]cc(C(=O)C3(C)CCCC3)c2n1. The molecule has 2 radical (unpaired) electrons. The van der Waals surface area contributed by atoms with E-state index in [-0.39, 0.29) is 11.2 Å². The normalized spacial score (nSPS) is 18.3. The van der Waals surface area contributed by atoms with E-state index < -0.39 is 0 Å². The van der Waals surface area contributed by atoms with E-state index in [9.17, 15) is 4.79 Å². The number of ketones is 1. The number of fused-ring (bicyclic) bond motifs is 1. The Hall–Kier alpha value is -1.65. The van der Waals surface area contributed by atoms with Crippen LogP contribution in [0.15, 0.2) is 12.4 Å². The molecule has 1 fully saturated rings. The van der Waals surface area contributed by atoms with Crippen LogP contribution in [-0.4, -0.2) is 28.6 Å². The molecule has 1 N–H and O–H groups in total. The Morgan fingerprint density at radius 2 is 2.17 bits per heavy atom. The third-order valence-corrected chi connectivity index (χ3v) is 3.90. The van der Waals surface area contributed by atoms with Crippen molar-refractivity contribution in [1.82, 2.24) is 15.0 Å². The van der Waals surface area contributed by atoms with E-state index >= 15 is 0 Å². The smallest absolute Gasteiger partial charge is 0.172 e. The highest BCUT2D eigenvalue weighted by Gasteiger charge is 2.37. The van der Waals surface area contributed by atoms with Crippen molar-refractivity contribution in [3.05, 3.63) is 18.0 Å². The van der Waals surface area contributed by atoms with Gasteiger partial charge in [-0.1, -0.05) is 19.8 Å². The van der Waals surface area contributed by atoms with Crippen molar-refractivity contribution in [3.63, 3.8) is 0 Å². The molecule has 18 heavy (non-hydrogen) atoms. The lowest BCUT2D eigenvalue weighted by Crippen LogP contribution is -2.24. The van der Waals surface area contributed by atoms with Crippen molar-refractivity contribution in [1.29, 1.82) is 0 Å². The van der Waals surface area contributed by atoms with Crippen LogP contribution in [0.5, 0.6) is 0 Å². The fourth-order valence-corrected chi connectivity index (χ4v) is 2.79. The highest BCUT2D eigenvalue weighted by Crippen LogP contribution is 2.40. The first kappa shape index (κ1) is 11.4. The molecule has 0 spiro atoms. The van der Waals surface area contributed by atoms with Gasteiger partial charge in [0.05, 0.1) is 5.56 Å². The predicted octanol–water partition coefficient (Wildman–Crippen LogP) is 1.51. The summed E-state index contributed by atoms with van der Waals surface area (Å²) in [5.41, 5.74) is 1.92. The summed E-state index contributed by atoms with van der Waals surface area (Å²) in [6.45, 7) is 2.04. The van der Waals surface area contributed by atoms with Crippen LogP contribution in [0.4, 0.5) is 0 Å². The minimum Gasteiger partial charge on any atom is -0.344 e. The first-order valence-corrected chi connectivity index (χ1v) is 6.24. The summed E-state index contributed by atoms with van der Waals surface area (Å²) in [5.74, 6) is 0.158. The standard InChI is InChI=1S/C13H14BN3O/c1-13(4-2-3-5-13)11(18)8-6-15-12-10(8)17-9(14)7-16-12/h6-7H,2-5H2,1H3,(H,15,16). The number of aromatic nitrogens is 3. The van der Waals surface area contributed by atoms with Gasteiger partial charge in [-0.25, -0.2) is 4.98 Å². The van der Waals surface area contributed by atoms with Crippen molar-refractivity contribution in [2.24, 2.45) is 5.41 Å². The van der Waals surface area contributed by atoms with Gasteiger partial charge >= 0.3 is 0 Å². The Bertz CT molecular complexity index is 614. The zero-order valence-electron chi connectivity index (χ0n) is 10.4. The number of hydrogen-bond donors (Lipinski definition) is 1. The monoisotopic (exact) mass is 239 g/mol. The molecule has 0 bridgehead atoms. The van der Waals surface area contributed by atoms with Gasteiger partial charge in [0.2, 0.25) is 0 Å². The maximum absolute atomic E-state index is 12.6. The number of rotatable bonds is 2. The van der Waals surface area contributed by atoms with E-state index in [0.717, 1.165) is 25.7 Å². The average molecular weight is 239 g/mol. The molecule has 2 heterocycles. The lowest BCUT2D eigenvalue weighted by atomic mass is 9.81. The minimum absolute atomic E-state index is 0.158. The maximum atomic E-state index is 12.6. The second kappa shape index (κ2) is 3.94. The summed E-state index contributed by atoms with van der Waals surface area (Å²) in [5, 5.41) is 0. The molecule has 4 nitrogen and oxygen atoms in total. The van der Waals surface area contributed by atoms with Crippen LogP contribution in [0.25, 0.3) is 11.2 Å². The number of nitrogens with one attached hydrogen (secondary N) is 1. The van der Waals surface area contributed by atoms with Gasteiger partial charge in [-0.05, 0) is 12.8 Å². The highest BCUT2D eigenvalue weighted by atomic mass is 16.1. The van der Waals surface area contributed by atoms with E-state index in [4.69, 9.17) is 7.85 Å².